The number of hydrogen-bond donors (Lipinski definition) is 2. The average Bonchev–Trinajstić information content (AvgIpc) is 3.03. The van der Waals surface area contributed by atoms with E-state index >= 15 is 0 Å². The first-order valence-electron chi connectivity index (χ1n) is 12.9. The second-order valence-electron chi connectivity index (χ2n) is 10.4. The van der Waals surface area contributed by atoms with Gasteiger partial charge in [0.05, 0.1) is 16.8 Å². The number of amides is 2. The first kappa shape index (κ1) is 25.3. The summed E-state index contributed by atoms with van der Waals surface area (Å²) in [6.07, 6.45) is 0.759. The molecule has 3 aromatic rings. The van der Waals surface area contributed by atoms with Crippen molar-refractivity contribution >= 4 is 40.5 Å². The topological polar surface area (TPSA) is 64.7 Å². The van der Waals surface area contributed by atoms with Crippen molar-refractivity contribution < 1.29 is 9.59 Å². The van der Waals surface area contributed by atoms with Crippen LogP contribution in [-0.4, -0.2) is 42.9 Å². The number of benzene rings is 3. The molecule has 0 bridgehead atoms. The van der Waals surface area contributed by atoms with E-state index in [1.54, 1.807) is 0 Å². The number of nitrogens with zero attached hydrogens (tertiary/aromatic N) is 2. The maximum Gasteiger partial charge on any atom is 0.256 e. The van der Waals surface area contributed by atoms with Crippen LogP contribution in [0.2, 0.25) is 5.02 Å². The highest BCUT2D eigenvalue weighted by atomic mass is 35.5. The third-order valence-electron chi connectivity index (χ3n) is 7.73. The van der Waals surface area contributed by atoms with Crippen molar-refractivity contribution in [3.05, 3.63) is 88.4 Å². The molecule has 0 saturated carbocycles. The van der Waals surface area contributed by atoms with Crippen molar-refractivity contribution in [2.45, 2.75) is 33.2 Å². The van der Waals surface area contributed by atoms with Crippen molar-refractivity contribution in [1.82, 2.24) is 4.90 Å². The number of rotatable bonds is 5. The van der Waals surface area contributed by atoms with Crippen LogP contribution in [0.15, 0.2) is 66.7 Å². The van der Waals surface area contributed by atoms with Crippen LogP contribution < -0.4 is 15.5 Å². The van der Waals surface area contributed by atoms with Crippen LogP contribution in [0, 0.1) is 5.41 Å². The highest BCUT2D eigenvalue weighted by Gasteiger charge is 2.33. The molecule has 1 atom stereocenters. The Balaban J connectivity index is 1.35. The molecule has 1 saturated heterocycles. The zero-order chi connectivity index (χ0) is 26.2. The predicted octanol–water partition coefficient (Wildman–Crippen LogP) is 6.19. The van der Waals surface area contributed by atoms with Crippen molar-refractivity contribution in [3.8, 4) is 0 Å². The summed E-state index contributed by atoms with van der Waals surface area (Å²) >= 11 is 6.70. The summed E-state index contributed by atoms with van der Waals surface area (Å²) in [6.45, 7) is 9.13. The monoisotopic (exact) mass is 516 g/mol. The number of piperazine rings is 1. The first-order chi connectivity index (χ1) is 17.8. The number of anilines is 3. The Morgan fingerprint density at radius 2 is 1.68 bits per heavy atom. The van der Waals surface area contributed by atoms with E-state index in [1.165, 1.54) is 0 Å². The zero-order valence-electron chi connectivity index (χ0n) is 21.6. The molecule has 5 rings (SSSR count). The molecule has 2 aliphatic heterocycles. The fraction of sp³-hybridized carbons (Fsp3) is 0.333. The van der Waals surface area contributed by atoms with Gasteiger partial charge < -0.3 is 15.5 Å². The Morgan fingerprint density at radius 3 is 2.38 bits per heavy atom. The van der Waals surface area contributed by atoms with Gasteiger partial charge in [0.15, 0.2) is 0 Å². The molecule has 0 aliphatic carbocycles. The SMILES string of the molecule is CCC(C)(C)C(=O)Nc1ccc(N2CCN(C3c4ccccc4NC(=O)c4ccccc43)CC2)c(Cl)c1. The van der Waals surface area contributed by atoms with Crippen LogP contribution in [0.25, 0.3) is 0 Å². The molecule has 3 aromatic carbocycles. The Kier molecular flexibility index (Phi) is 6.97. The van der Waals surface area contributed by atoms with Crippen molar-refractivity contribution in [3.63, 3.8) is 0 Å². The number of halogens is 1. The molecule has 1 unspecified atom stereocenters. The van der Waals surface area contributed by atoms with E-state index < -0.39 is 5.41 Å². The molecule has 7 heteroatoms. The van der Waals surface area contributed by atoms with Crippen LogP contribution in [0.1, 0.15) is 54.7 Å². The molecule has 6 nitrogen and oxygen atoms in total. The quantitative estimate of drug-likeness (QED) is 0.424. The Morgan fingerprint density at radius 1 is 1.00 bits per heavy atom. The van der Waals surface area contributed by atoms with Crippen LogP contribution in [-0.2, 0) is 4.79 Å². The van der Waals surface area contributed by atoms with E-state index in [-0.39, 0.29) is 17.9 Å². The summed E-state index contributed by atoms with van der Waals surface area (Å²) in [5, 5.41) is 6.72. The van der Waals surface area contributed by atoms with E-state index in [0.717, 1.165) is 60.7 Å². The summed E-state index contributed by atoms with van der Waals surface area (Å²) in [6, 6.07) is 21.7. The molecule has 0 spiro atoms. The van der Waals surface area contributed by atoms with Crippen LogP contribution in [0.3, 0.4) is 0 Å². The minimum absolute atomic E-state index is 0.00985. The fourth-order valence-electron chi connectivity index (χ4n) is 5.07. The molecule has 37 heavy (non-hydrogen) atoms. The lowest BCUT2D eigenvalue weighted by molar-refractivity contribution is -0.124. The fourth-order valence-corrected chi connectivity index (χ4v) is 5.37. The molecule has 2 N–H and O–H groups in total. The summed E-state index contributed by atoms with van der Waals surface area (Å²) in [5.41, 5.74) is 4.97. The van der Waals surface area contributed by atoms with E-state index in [2.05, 4.69) is 32.6 Å². The first-order valence-corrected chi connectivity index (χ1v) is 13.3. The lowest BCUT2D eigenvalue weighted by Gasteiger charge is -2.41. The van der Waals surface area contributed by atoms with Crippen molar-refractivity contribution in [1.29, 1.82) is 0 Å². The molecule has 1 fully saturated rings. The summed E-state index contributed by atoms with van der Waals surface area (Å²) < 4.78 is 0. The Labute approximate surface area is 223 Å². The average molecular weight is 517 g/mol. The largest absolute Gasteiger partial charge is 0.368 e. The summed E-state index contributed by atoms with van der Waals surface area (Å²) in [4.78, 5) is 30.3. The zero-order valence-corrected chi connectivity index (χ0v) is 22.3. The third-order valence-corrected chi connectivity index (χ3v) is 8.03. The van der Waals surface area contributed by atoms with Gasteiger partial charge in [-0.25, -0.2) is 0 Å². The lowest BCUT2D eigenvalue weighted by atomic mass is 9.89. The second-order valence-corrected chi connectivity index (χ2v) is 10.8. The van der Waals surface area contributed by atoms with Gasteiger partial charge in [0.2, 0.25) is 5.91 Å². The number of carbonyl (C=O) groups excluding carboxylic acids is 2. The second kappa shape index (κ2) is 10.2. The van der Waals surface area contributed by atoms with Gasteiger partial charge in [-0.05, 0) is 47.9 Å². The van der Waals surface area contributed by atoms with Gasteiger partial charge in [0, 0.05) is 48.5 Å². The normalized spacial score (nSPS) is 17.9. The van der Waals surface area contributed by atoms with Gasteiger partial charge in [-0.1, -0.05) is 68.8 Å². The number of hydrogen-bond acceptors (Lipinski definition) is 4. The van der Waals surface area contributed by atoms with E-state index in [0.29, 0.717) is 10.7 Å². The molecule has 2 heterocycles. The minimum Gasteiger partial charge on any atom is -0.368 e. The Bertz CT molecular complexity index is 1330. The van der Waals surface area contributed by atoms with Crippen molar-refractivity contribution in [2.24, 2.45) is 5.41 Å². The van der Waals surface area contributed by atoms with Crippen molar-refractivity contribution in [2.75, 3.05) is 41.7 Å². The third kappa shape index (κ3) is 4.96. The number of carbonyl (C=O) groups is 2. The standard InChI is InChI=1S/C30H33ClN4O2/c1-4-30(2,3)29(37)32-20-13-14-26(24(31)19-20)34-15-17-35(18-16-34)27-21-9-5-6-10-22(21)28(36)33-25-12-8-7-11-23(25)27/h5-14,19,27H,4,15-18H2,1-3H3,(H,32,37)(H,33,36). The smallest absolute Gasteiger partial charge is 0.256 e. The number of fused-ring (bicyclic) bond motifs is 2. The van der Waals surface area contributed by atoms with Gasteiger partial charge >= 0.3 is 0 Å². The highest BCUT2D eigenvalue weighted by molar-refractivity contribution is 6.33. The molecular formula is C30H33ClN4O2. The maximum atomic E-state index is 13.0. The van der Waals surface area contributed by atoms with Crippen LogP contribution in [0.4, 0.5) is 17.1 Å². The minimum atomic E-state index is -0.434. The highest BCUT2D eigenvalue weighted by Crippen LogP contribution is 2.39. The number of nitrogens with one attached hydrogen (secondary N) is 2. The van der Waals surface area contributed by atoms with Gasteiger partial charge in [-0.15, -0.1) is 0 Å². The Hall–Kier alpha value is -3.35. The summed E-state index contributed by atoms with van der Waals surface area (Å²) in [5.74, 6) is -0.0742. The van der Waals surface area contributed by atoms with E-state index in [4.69, 9.17) is 11.6 Å². The maximum absolute atomic E-state index is 13.0. The molecule has 0 aromatic heterocycles. The molecule has 0 radical (unpaired) electrons. The summed E-state index contributed by atoms with van der Waals surface area (Å²) in [7, 11) is 0. The molecular weight excluding hydrogens is 484 g/mol. The lowest BCUT2D eigenvalue weighted by Crippen LogP contribution is -2.48. The number of para-hydroxylation sites is 1. The predicted molar refractivity (Wildman–Crippen MR) is 151 cm³/mol. The van der Waals surface area contributed by atoms with Crippen LogP contribution in [0.5, 0.6) is 0 Å². The van der Waals surface area contributed by atoms with Gasteiger partial charge in [-0.2, -0.15) is 0 Å². The molecule has 2 amide bonds. The van der Waals surface area contributed by atoms with Crippen LogP contribution >= 0.6 is 11.6 Å². The van der Waals surface area contributed by atoms with E-state index in [9.17, 15) is 9.59 Å². The van der Waals surface area contributed by atoms with Gasteiger partial charge in [0.1, 0.15) is 0 Å². The van der Waals surface area contributed by atoms with E-state index in [1.807, 2.05) is 75.4 Å². The molecule has 192 valence electrons. The van der Waals surface area contributed by atoms with Gasteiger partial charge in [0.25, 0.3) is 5.91 Å². The van der Waals surface area contributed by atoms with Gasteiger partial charge in [-0.3, -0.25) is 14.5 Å². The molecule has 2 aliphatic rings.